The summed E-state index contributed by atoms with van der Waals surface area (Å²) in [4.78, 5) is 9.65. The van der Waals surface area contributed by atoms with Gasteiger partial charge in [0.05, 0.1) is 0 Å². The van der Waals surface area contributed by atoms with E-state index in [1.807, 2.05) is 104 Å². The molecule has 0 fully saturated rings. The fraction of sp³-hybridized carbons (Fsp3) is 0.182. The first kappa shape index (κ1) is 34.7. The minimum Gasteiger partial charge on any atom is -0.487 e. The molecule has 0 amide bonds. The number of oxazole rings is 2. The molecule has 5 aromatic carbocycles. The van der Waals surface area contributed by atoms with Gasteiger partial charge in [0, 0.05) is 11.1 Å². The predicted octanol–water partition coefficient (Wildman–Crippen LogP) is 9.11. The quantitative estimate of drug-likeness (QED) is 0.111. The number of ether oxygens (including phenoxy) is 2. The molecule has 0 aliphatic carbocycles. The molecule has 0 N–H and O–H groups in total. The minimum atomic E-state index is -2.15. The molecule has 2 heterocycles. The topological polar surface area (TPSA) is 79.8 Å². The summed E-state index contributed by atoms with van der Waals surface area (Å²) in [5.41, 5.74) is 2.96. The number of hydrogen-bond acceptors (Lipinski definition) is 7. The molecule has 262 valence electrons. The van der Waals surface area contributed by atoms with Crippen LogP contribution in [0, 0.1) is 12.3 Å². The zero-order chi connectivity index (χ0) is 35.9. The van der Waals surface area contributed by atoms with Crippen molar-refractivity contribution < 1.29 is 22.7 Å². The second-order valence-corrected chi connectivity index (χ2v) is 16.1. The van der Waals surface area contributed by atoms with E-state index in [-0.39, 0.29) is 18.6 Å². The summed E-state index contributed by atoms with van der Waals surface area (Å²) in [5.74, 6) is 3.90. The Bertz CT molecular complexity index is 2120. The molecule has 0 bridgehead atoms. The molecule has 8 heteroatoms. The Morgan fingerprint density at radius 2 is 0.981 bits per heavy atom. The van der Waals surface area contributed by atoms with E-state index < -0.39 is 15.1 Å². The first-order valence-electron chi connectivity index (χ1n) is 17.5. The van der Waals surface area contributed by atoms with Crippen molar-refractivity contribution in [2.45, 2.75) is 47.0 Å². The highest BCUT2D eigenvalue weighted by atomic mass is 28.3. The number of rotatable bonds is 13. The van der Waals surface area contributed by atoms with Crippen LogP contribution in [0.15, 0.2) is 154 Å². The Labute approximate surface area is 306 Å². The van der Waals surface area contributed by atoms with Crippen molar-refractivity contribution in [1.29, 1.82) is 0 Å². The monoisotopic (exact) mass is 706 g/mol. The average molecular weight is 707 g/mol. The van der Waals surface area contributed by atoms with Crippen molar-refractivity contribution in [1.82, 2.24) is 9.97 Å². The van der Waals surface area contributed by atoms with Crippen molar-refractivity contribution in [3.63, 3.8) is 0 Å². The van der Waals surface area contributed by atoms with Crippen molar-refractivity contribution >= 4 is 19.4 Å². The van der Waals surface area contributed by atoms with Gasteiger partial charge in [-0.05, 0) is 71.2 Å². The molecule has 0 aliphatic heterocycles. The highest BCUT2D eigenvalue weighted by molar-refractivity contribution is 6.80. The molecule has 2 aromatic heterocycles. The Morgan fingerprint density at radius 1 is 0.558 bits per heavy atom. The molecule has 7 nitrogen and oxygen atoms in total. The highest BCUT2D eigenvalue weighted by Crippen LogP contribution is 2.40. The maximum absolute atomic E-state index is 7.25. The molecule has 0 saturated carbocycles. The summed E-state index contributed by atoms with van der Waals surface area (Å²) < 4.78 is 32.2. The molecule has 0 spiro atoms. The van der Waals surface area contributed by atoms with Crippen LogP contribution in [-0.2, 0) is 17.6 Å². The van der Waals surface area contributed by atoms with Gasteiger partial charge in [0.1, 0.15) is 48.0 Å². The van der Waals surface area contributed by atoms with Crippen molar-refractivity contribution in [3.05, 3.63) is 169 Å². The summed E-state index contributed by atoms with van der Waals surface area (Å²) in [6, 6.07) is 48.4. The SMILES string of the molecule is Cc1oc(-c2ccccc2)nc1COc1ccc(OCc2nc(-c3ccccc3)oc2C(O[SiH](c2ccccc2)c2ccccc2)C(C)(C)C)cc1. The van der Waals surface area contributed by atoms with E-state index in [0.717, 1.165) is 22.6 Å². The van der Waals surface area contributed by atoms with E-state index in [9.17, 15) is 0 Å². The van der Waals surface area contributed by atoms with Crippen molar-refractivity contribution in [2.24, 2.45) is 5.41 Å². The first-order valence-corrected chi connectivity index (χ1v) is 19.1. The Morgan fingerprint density at radius 3 is 1.46 bits per heavy atom. The zero-order valence-corrected chi connectivity index (χ0v) is 31.0. The van der Waals surface area contributed by atoms with Gasteiger partial charge >= 0.3 is 0 Å². The third-order valence-corrected chi connectivity index (χ3v) is 11.3. The summed E-state index contributed by atoms with van der Waals surface area (Å²) in [5, 5.41) is 2.39. The number of benzene rings is 5. The van der Waals surface area contributed by atoms with Crippen LogP contribution in [0.2, 0.25) is 0 Å². The highest BCUT2D eigenvalue weighted by Gasteiger charge is 2.37. The minimum absolute atomic E-state index is 0.200. The van der Waals surface area contributed by atoms with E-state index in [1.165, 1.54) is 10.4 Å². The number of aryl methyl sites for hydroxylation is 1. The largest absolute Gasteiger partial charge is 0.487 e. The van der Waals surface area contributed by atoms with E-state index >= 15 is 0 Å². The molecule has 7 aromatic rings. The van der Waals surface area contributed by atoms with Crippen LogP contribution in [0.1, 0.15) is 49.8 Å². The number of hydrogen-bond donors (Lipinski definition) is 0. The van der Waals surface area contributed by atoms with Crippen LogP contribution in [0.4, 0.5) is 0 Å². The number of aromatic nitrogens is 2. The van der Waals surface area contributed by atoms with E-state index in [2.05, 4.69) is 74.3 Å². The van der Waals surface area contributed by atoms with Gasteiger partial charge in [0.2, 0.25) is 20.8 Å². The number of nitrogens with zero attached hydrogens (tertiary/aromatic N) is 2. The molecule has 0 aliphatic rings. The fourth-order valence-electron chi connectivity index (χ4n) is 5.98. The van der Waals surface area contributed by atoms with Crippen LogP contribution in [0.25, 0.3) is 22.9 Å². The van der Waals surface area contributed by atoms with E-state index in [1.54, 1.807) is 0 Å². The van der Waals surface area contributed by atoms with Crippen LogP contribution < -0.4 is 19.8 Å². The van der Waals surface area contributed by atoms with Gasteiger partial charge in [0.15, 0.2) is 5.76 Å². The third kappa shape index (κ3) is 8.25. The zero-order valence-electron chi connectivity index (χ0n) is 29.9. The van der Waals surface area contributed by atoms with Crippen molar-refractivity contribution in [2.75, 3.05) is 0 Å². The fourth-order valence-corrected chi connectivity index (χ4v) is 8.62. The van der Waals surface area contributed by atoms with Gasteiger partial charge in [0.25, 0.3) is 0 Å². The summed E-state index contributed by atoms with van der Waals surface area (Å²) in [6.45, 7) is 8.92. The molecular formula is C44H42N2O5Si. The molecule has 7 rings (SSSR count). The molecule has 1 unspecified atom stereocenters. The lowest BCUT2D eigenvalue weighted by Crippen LogP contribution is -2.47. The summed E-state index contributed by atoms with van der Waals surface area (Å²) >= 11 is 0. The maximum atomic E-state index is 7.25. The standard InChI is InChI=1S/C44H42N2O5Si/c1-31-38(45-42(49-31)32-17-9-5-10-18-32)29-47-34-25-27-35(28-26-34)48-30-39-40(50-43(46-39)33-19-11-6-12-20-33)41(44(2,3)4)51-52(36-21-13-7-14-22-36)37-23-15-8-16-24-37/h5-28,41,52H,29-30H2,1-4H3. The third-order valence-electron chi connectivity index (χ3n) is 8.74. The van der Waals surface area contributed by atoms with Crippen LogP contribution in [-0.4, -0.2) is 19.0 Å². The van der Waals surface area contributed by atoms with Crippen molar-refractivity contribution in [3.8, 4) is 34.4 Å². The Hall–Kier alpha value is -5.70. The van der Waals surface area contributed by atoms with Gasteiger partial charge in [-0.3, -0.25) is 0 Å². The molecule has 0 radical (unpaired) electrons. The normalized spacial score (nSPS) is 12.2. The average Bonchev–Trinajstić information content (AvgIpc) is 3.78. The summed E-state index contributed by atoms with van der Waals surface area (Å²) in [6.07, 6.45) is -0.397. The molecule has 52 heavy (non-hydrogen) atoms. The van der Waals surface area contributed by atoms with Gasteiger partial charge in [-0.2, -0.15) is 0 Å². The Balaban J connectivity index is 1.11. The molecule has 1 atom stereocenters. The lowest BCUT2D eigenvalue weighted by molar-refractivity contribution is 0.0673. The Kier molecular flexibility index (Phi) is 10.5. The van der Waals surface area contributed by atoms with Crippen LogP contribution in [0.5, 0.6) is 11.5 Å². The smallest absolute Gasteiger partial charge is 0.240 e. The maximum Gasteiger partial charge on any atom is 0.240 e. The van der Waals surface area contributed by atoms with E-state index in [0.29, 0.717) is 34.7 Å². The second kappa shape index (κ2) is 15.7. The van der Waals surface area contributed by atoms with E-state index in [4.69, 9.17) is 27.7 Å². The summed E-state index contributed by atoms with van der Waals surface area (Å²) in [7, 11) is -2.15. The first-order chi connectivity index (χ1) is 25.3. The van der Waals surface area contributed by atoms with Gasteiger partial charge in [-0.1, -0.05) is 118 Å². The second-order valence-electron chi connectivity index (χ2n) is 13.7. The molecule has 0 saturated heterocycles. The lowest BCUT2D eigenvalue weighted by atomic mass is 9.87. The lowest BCUT2D eigenvalue weighted by Gasteiger charge is -2.33. The van der Waals surface area contributed by atoms with Gasteiger partial charge in [-0.15, -0.1) is 0 Å². The molecular weight excluding hydrogens is 665 g/mol. The van der Waals surface area contributed by atoms with Crippen LogP contribution >= 0.6 is 0 Å². The van der Waals surface area contributed by atoms with Gasteiger partial charge < -0.3 is 22.7 Å². The van der Waals surface area contributed by atoms with Gasteiger partial charge in [-0.25, -0.2) is 9.97 Å². The van der Waals surface area contributed by atoms with Crippen LogP contribution in [0.3, 0.4) is 0 Å². The predicted molar refractivity (Wildman–Crippen MR) is 206 cm³/mol.